The van der Waals surface area contributed by atoms with E-state index in [9.17, 15) is 4.79 Å². The van der Waals surface area contributed by atoms with Gasteiger partial charge < -0.3 is 0 Å². The van der Waals surface area contributed by atoms with Crippen LogP contribution in [0.4, 0.5) is 0 Å². The summed E-state index contributed by atoms with van der Waals surface area (Å²) in [6, 6.07) is 8.21. The molecule has 0 bridgehead atoms. The Morgan fingerprint density at radius 3 is 2.82 bits per heavy atom. The van der Waals surface area contributed by atoms with Crippen molar-refractivity contribution in [3.05, 3.63) is 35.4 Å². The molecule has 0 radical (unpaired) electrons. The zero-order valence-corrected chi connectivity index (χ0v) is 10.6. The van der Waals surface area contributed by atoms with Crippen LogP contribution in [0.25, 0.3) is 0 Å². The molecular formula is C14H19NO2. The molecule has 1 aliphatic rings. The van der Waals surface area contributed by atoms with Gasteiger partial charge in [0.15, 0.2) is 0 Å². The highest BCUT2D eigenvalue weighted by atomic mass is 16.6. The molecule has 1 unspecified atom stereocenters. The van der Waals surface area contributed by atoms with Crippen molar-refractivity contribution in [2.24, 2.45) is 0 Å². The maximum absolute atomic E-state index is 11.9. The Morgan fingerprint density at radius 2 is 2.12 bits per heavy atom. The van der Waals surface area contributed by atoms with E-state index in [1.807, 2.05) is 12.1 Å². The maximum Gasteiger partial charge on any atom is 0.251 e. The van der Waals surface area contributed by atoms with E-state index in [1.54, 1.807) is 0 Å². The lowest BCUT2D eigenvalue weighted by Crippen LogP contribution is -2.35. The van der Waals surface area contributed by atoms with Crippen molar-refractivity contribution < 1.29 is 9.63 Å². The molecule has 92 valence electrons. The molecule has 1 N–H and O–H groups in total. The number of fused-ring (bicyclic) bond motifs is 1. The number of hydrogen-bond donors (Lipinski definition) is 1. The Morgan fingerprint density at radius 1 is 1.41 bits per heavy atom. The van der Waals surface area contributed by atoms with Gasteiger partial charge in [-0.2, -0.15) is 0 Å². The van der Waals surface area contributed by atoms with Crippen molar-refractivity contribution in [1.29, 1.82) is 0 Å². The SMILES string of the molecule is CONC(=O)C1CCC(C)(C)c2ccccc21. The molecular weight excluding hydrogens is 214 g/mol. The van der Waals surface area contributed by atoms with Gasteiger partial charge in [-0.1, -0.05) is 38.1 Å². The zero-order valence-electron chi connectivity index (χ0n) is 10.6. The van der Waals surface area contributed by atoms with Crippen molar-refractivity contribution in [1.82, 2.24) is 5.48 Å². The summed E-state index contributed by atoms with van der Waals surface area (Å²) in [5, 5.41) is 0. The summed E-state index contributed by atoms with van der Waals surface area (Å²) >= 11 is 0. The summed E-state index contributed by atoms with van der Waals surface area (Å²) in [7, 11) is 1.47. The van der Waals surface area contributed by atoms with Crippen molar-refractivity contribution in [2.45, 2.75) is 38.0 Å². The summed E-state index contributed by atoms with van der Waals surface area (Å²) in [5.74, 6) is -0.130. The molecule has 0 heterocycles. The largest absolute Gasteiger partial charge is 0.277 e. The Hall–Kier alpha value is -1.35. The van der Waals surface area contributed by atoms with Gasteiger partial charge in [-0.15, -0.1) is 0 Å². The summed E-state index contributed by atoms with van der Waals surface area (Å²) in [4.78, 5) is 16.7. The maximum atomic E-state index is 11.9. The first-order valence-electron chi connectivity index (χ1n) is 5.98. The molecule has 0 fully saturated rings. The summed E-state index contributed by atoms with van der Waals surface area (Å²) in [6.07, 6.45) is 1.89. The van der Waals surface area contributed by atoms with E-state index in [2.05, 4.69) is 31.5 Å². The molecule has 0 spiro atoms. The minimum atomic E-state index is -0.0841. The van der Waals surface area contributed by atoms with Crippen molar-refractivity contribution in [3.8, 4) is 0 Å². The van der Waals surface area contributed by atoms with Gasteiger partial charge in [-0.3, -0.25) is 9.63 Å². The monoisotopic (exact) mass is 233 g/mol. The van der Waals surface area contributed by atoms with E-state index in [0.29, 0.717) is 0 Å². The van der Waals surface area contributed by atoms with Crippen LogP contribution < -0.4 is 5.48 Å². The van der Waals surface area contributed by atoms with E-state index in [4.69, 9.17) is 4.84 Å². The first-order valence-corrected chi connectivity index (χ1v) is 5.98. The van der Waals surface area contributed by atoms with Crippen LogP contribution in [-0.4, -0.2) is 13.0 Å². The molecule has 17 heavy (non-hydrogen) atoms. The number of hydrogen-bond acceptors (Lipinski definition) is 2. The average Bonchev–Trinajstić information content (AvgIpc) is 2.29. The minimum Gasteiger partial charge on any atom is -0.277 e. The first-order chi connectivity index (χ1) is 8.06. The van der Waals surface area contributed by atoms with Gasteiger partial charge in [-0.25, -0.2) is 5.48 Å². The van der Waals surface area contributed by atoms with Crippen LogP contribution in [0.1, 0.15) is 43.7 Å². The highest BCUT2D eigenvalue weighted by Gasteiger charge is 2.35. The normalized spacial score (nSPS) is 21.7. The second-order valence-corrected chi connectivity index (χ2v) is 5.23. The third-order valence-corrected chi connectivity index (χ3v) is 3.64. The third kappa shape index (κ3) is 2.20. The molecule has 1 aromatic carbocycles. The molecule has 3 heteroatoms. The fourth-order valence-electron chi connectivity index (χ4n) is 2.66. The number of hydroxylamine groups is 1. The molecule has 1 aromatic rings. The number of benzene rings is 1. The quantitative estimate of drug-likeness (QED) is 0.797. The molecule has 0 aromatic heterocycles. The smallest absolute Gasteiger partial charge is 0.251 e. The van der Waals surface area contributed by atoms with Crippen LogP contribution in [0.5, 0.6) is 0 Å². The van der Waals surface area contributed by atoms with Crippen LogP contribution >= 0.6 is 0 Å². The zero-order chi connectivity index (χ0) is 12.5. The second kappa shape index (κ2) is 4.49. The van der Waals surface area contributed by atoms with Gasteiger partial charge in [0.25, 0.3) is 5.91 Å². The van der Waals surface area contributed by atoms with E-state index in [0.717, 1.165) is 18.4 Å². The van der Waals surface area contributed by atoms with Gasteiger partial charge in [0.05, 0.1) is 13.0 Å². The average molecular weight is 233 g/mol. The molecule has 0 saturated heterocycles. The predicted molar refractivity (Wildman–Crippen MR) is 66.6 cm³/mol. The van der Waals surface area contributed by atoms with Gasteiger partial charge in [-0.05, 0) is 29.4 Å². The van der Waals surface area contributed by atoms with E-state index < -0.39 is 0 Å². The van der Waals surface area contributed by atoms with E-state index >= 15 is 0 Å². The van der Waals surface area contributed by atoms with Crippen LogP contribution in [0.15, 0.2) is 24.3 Å². The van der Waals surface area contributed by atoms with Crippen LogP contribution in [-0.2, 0) is 15.0 Å². The second-order valence-electron chi connectivity index (χ2n) is 5.23. The Balaban J connectivity index is 2.38. The van der Waals surface area contributed by atoms with E-state index in [1.165, 1.54) is 12.7 Å². The minimum absolute atomic E-state index is 0.0459. The summed E-state index contributed by atoms with van der Waals surface area (Å²) < 4.78 is 0. The Kier molecular flexibility index (Phi) is 3.20. The van der Waals surface area contributed by atoms with Gasteiger partial charge in [0, 0.05) is 0 Å². The van der Waals surface area contributed by atoms with Crippen molar-refractivity contribution in [3.63, 3.8) is 0 Å². The number of carbonyl (C=O) groups is 1. The lowest BCUT2D eigenvalue weighted by molar-refractivity contribution is -0.133. The van der Waals surface area contributed by atoms with Crippen molar-refractivity contribution in [2.75, 3.05) is 7.11 Å². The fourth-order valence-corrected chi connectivity index (χ4v) is 2.66. The highest BCUT2D eigenvalue weighted by Crippen LogP contribution is 2.42. The Bertz CT molecular complexity index is 426. The number of carbonyl (C=O) groups excluding carboxylic acids is 1. The highest BCUT2D eigenvalue weighted by molar-refractivity contribution is 5.83. The van der Waals surface area contributed by atoms with Crippen molar-refractivity contribution >= 4 is 5.91 Å². The lowest BCUT2D eigenvalue weighted by atomic mass is 9.68. The summed E-state index contributed by atoms with van der Waals surface area (Å²) in [5.41, 5.74) is 5.02. The van der Waals surface area contributed by atoms with E-state index in [-0.39, 0.29) is 17.2 Å². The molecule has 1 aliphatic carbocycles. The molecule has 1 atom stereocenters. The number of nitrogens with one attached hydrogen (secondary N) is 1. The van der Waals surface area contributed by atoms with Gasteiger partial charge in [0.2, 0.25) is 0 Å². The van der Waals surface area contributed by atoms with Crippen LogP contribution in [0, 0.1) is 0 Å². The first kappa shape index (κ1) is 12.1. The lowest BCUT2D eigenvalue weighted by Gasteiger charge is -2.36. The van der Waals surface area contributed by atoms with Gasteiger partial charge >= 0.3 is 0 Å². The topological polar surface area (TPSA) is 38.3 Å². The molecule has 0 aliphatic heterocycles. The Labute approximate surface area is 102 Å². The number of amides is 1. The fraction of sp³-hybridized carbons (Fsp3) is 0.500. The third-order valence-electron chi connectivity index (χ3n) is 3.64. The predicted octanol–water partition coefficient (Wildman–Crippen LogP) is 2.52. The molecule has 1 amide bonds. The van der Waals surface area contributed by atoms with Crippen LogP contribution in [0.3, 0.4) is 0 Å². The number of rotatable bonds is 2. The van der Waals surface area contributed by atoms with Gasteiger partial charge in [0.1, 0.15) is 0 Å². The van der Waals surface area contributed by atoms with Crippen LogP contribution in [0.2, 0.25) is 0 Å². The molecule has 0 saturated carbocycles. The molecule has 2 rings (SSSR count). The standard InChI is InChI=1S/C14H19NO2/c1-14(2)9-8-11(13(16)15-17-3)10-6-4-5-7-12(10)14/h4-7,11H,8-9H2,1-3H3,(H,15,16). The summed E-state index contributed by atoms with van der Waals surface area (Å²) in [6.45, 7) is 4.46. The molecule has 3 nitrogen and oxygen atoms in total.